The molecule has 10 heavy (non-hydrogen) atoms. The van der Waals surface area contributed by atoms with Crippen LogP contribution in [0.3, 0.4) is 0 Å². The van der Waals surface area contributed by atoms with Gasteiger partial charge >= 0.3 is 5.95 Å². The molecule has 0 fully saturated rings. The molecule has 0 bridgehead atoms. The Balaban J connectivity index is 2.67. The molecule has 1 aromatic rings. The molecule has 1 aromatic heterocycles. The number of nitrogens with one attached hydrogen (secondary N) is 2. The van der Waals surface area contributed by atoms with Crippen LogP contribution in [0.5, 0.6) is 0 Å². The monoisotopic (exact) mass is 141 g/mol. The number of carbonyl (C=O) groups excluding carboxylic acids is 1. The topological polar surface area (TPSA) is 96.1 Å². The lowest BCUT2D eigenvalue weighted by molar-refractivity contribution is -0.358. The number of nitrogens with two attached hydrogens (primary N) is 1. The molecule has 0 spiro atoms. The van der Waals surface area contributed by atoms with E-state index in [-0.39, 0.29) is 6.42 Å². The molecule has 1 rings (SSSR count). The normalized spacial score (nSPS) is 9.60. The predicted octanol–water partition coefficient (Wildman–Crippen LogP) is -2.30. The molecule has 54 valence electrons. The van der Waals surface area contributed by atoms with Gasteiger partial charge < -0.3 is 9.90 Å². The number of aromatic amines is 2. The minimum absolute atomic E-state index is 0.145. The number of hydrogen-bond acceptors (Lipinski definition) is 3. The highest BCUT2D eigenvalue weighted by molar-refractivity contribution is 5.67. The number of anilines is 1. The summed E-state index contributed by atoms with van der Waals surface area (Å²) in [6.45, 7) is 0. The third-order valence-electron chi connectivity index (χ3n) is 1.03. The molecule has 0 saturated carbocycles. The zero-order chi connectivity index (χ0) is 7.56. The number of carbonyl (C=O) groups is 1. The highest BCUT2D eigenvalue weighted by atomic mass is 16.4. The van der Waals surface area contributed by atoms with E-state index in [4.69, 9.17) is 5.73 Å². The molecular formula is C5H7N3O2. The molecule has 0 saturated heterocycles. The molecule has 0 amide bonds. The van der Waals surface area contributed by atoms with Crippen LogP contribution in [0.4, 0.5) is 5.95 Å². The van der Waals surface area contributed by atoms with E-state index >= 15 is 0 Å². The molecule has 5 heteroatoms. The lowest BCUT2D eigenvalue weighted by Gasteiger charge is -1.93. The van der Waals surface area contributed by atoms with Gasteiger partial charge in [-0.15, -0.1) is 0 Å². The van der Waals surface area contributed by atoms with Crippen LogP contribution in [0.1, 0.15) is 5.69 Å². The maximum absolute atomic E-state index is 9.99. The third-order valence-corrected chi connectivity index (χ3v) is 1.03. The molecule has 1 heterocycles. The molecule has 0 aromatic carbocycles. The summed E-state index contributed by atoms with van der Waals surface area (Å²) in [5, 5.41) is 9.99. The number of carboxylic acid groups (broad SMARTS) is 1. The first-order valence-corrected chi connectivity index (χ1v) is 2.73. The zero-order valence-electron chi connectivity index (χ0n) is 5.18. The molecule has 0 radical (unpaired) electrons. The minimum Gasteiger partial charge on any atom is -0.550 e. The summed E-state index contributed by atoms with van der Waals surface area (Å²) >= 11 is 0. The van der Waals surface area contributed by atoms with Crippen molar-refractivity contribution in [2.45, 2.75) is 6.42 Å². The number of carboxylic acids is 1. The quantitative estimate of drug-likeness (QED) is 0.485. The molecule has 4 N–H and O–H groups in total. The van der Waals surface area contributed by atoms with Gasteiger partial charge in [0.15, 0.2) is 0 Å². The van der Waals surface area contributed by atoms with Crippen molar-refractivity contribution in [2.75, 3.05) is 5.73 Å². The van der Waals surface area contributed by atoms with E-state index < -0.39 is 5.97 Å². The number of H-pyrrole nitrogens is 2. The minimum atomic E-state index is -1.13. The number of imidazole rings is 1. The number of nitrogen functional groups attached to an aromatic ring is 1. The molecule has 0 unspecified atom stereocenters. The smallest absolute Gasteiger partial charge is 0.350 e. The molecule has 5 nitrogen and oxygen atoms in total. The largest absolute Gasteiger partial charge is 0.550 e. The second-order valence-electron chi connectivity index (χ2n) is 1.90. The van der Waals surface area contributed by atoms with Crippen molar-refractivity contribution in [3.8, 4) is 0 Å². The Morgan fingerprint density at radius 1 is 1.90 bits per heavy atom. The summed E-state index contributed by atoms with van der Waals surface area (Å²) in [5.41, 5.74) is 5.74. The van der Waals surface area contributed by atoms with Crippen molar-refractivity contribution in [1.82, 2.24) is 4.98 Å². The van der Waals surface area contributed by atoms with Crippen LogP contribution in [0.2, 0.25) is 0 Å². The zero-order valence-corrected chi connectivity index (χ0v) is 5.18. The van der Waals surface area contributed by atoms with Crippen LogP contribution >= 0.6 is 0 Å². The Bertz CT molecular complexity index is 243. The second-order valence-corrected chi connectivity index (χ2v) is 1.90. The first kappa shape index (κ1) is 6.60. The van der Waals surface area contributed by atoms with Gasteiger partial charge in [0.05, 0.1) is 6.20 Å². The van der Waals surface area contributed by atoms with Crippen LogP contribution in [-0.4, -0.2) is 11.0 Å². The Kier molecular flexibility index (Phi) is 1.57. The van der Waals surface area contributed by atoms with Gasteiger partial charge in [-0.05, 0) is 0 Å². The van der Waals surface area contributed by atoms with E-state index in [0.717, 1.165) is 0 Å². The second kappa shape index (κ2) is 2.38. The maximum Gasteiger partial charge on any atom is 0.350 e. The van der Waals surface area contributed by atoms with Gasteiger partial charge in [0.25, 0.3) is 0 Å². The van der Waals surface area contributed by atoms with Gasteiger partial charge in [-0.3, -0.25) is 5.73 Å². The Morgan fingerprint density at radius 3 is 3.00 bits per heavy atom. The van der Waals surface area contributed by atoms with Crippen LogP contribution < -0.4 is 15.8 Å². The summed E-state index contributed by atoms with van der Waals surface area (Å²) in [7, 11) is 0. The number of aromatic nitrogens is 2. The van der Waals surface area contributed by atoms with E-state index in [9.17, 15) is 9.90 Å². The van der Waals surface area contributed by atoms with Gasteiger partial charge in [-0.1, -0.05) is 0 Å². The Hall–Kier alpha value is -1.52. The van der Waals surface area contributed by atoms with E-state index in [1.165, 1.54) is 6.20 Å². The summed E-state index contributed by atoms with van der Waals surface area (Å²) in [6.07, 6.45) is 1.35. The van der Waals surface area contributed by atoms with Crippen LogP contribution in [0.25, 0.3) is 0 Å². The third kappa shape index (κ3) is 1.48. The fourth-order valence-corrected chi connectivity index (χ4v) is 0.661. The Labute approximate surface area is 56.9 Å². The predicted molar refractivity (Wildman–Crippen MR) is 30.5 cm³/mol. The summed E-state index contributed by atoms with van der Waals surface area (Å²) in [5.74, 6) is -0.786. The van der Waals surface area contributed by atoms with Crippen molar-refractivity contribution in [1.29, 1.82) is 0 Å². The summed E-state index contributed by atoms with van der Waals surface area (Å²) in [4.78, 5) is 15.2. The lowest BCUT2D eigenvalue weighted by atomic mass is 10.3. The van der Waals surface area contributed by atoms with E-state index in [1.807, 2.05) is 0 Å². The fourth-order valence-electron chi connectivity index (χ4n) is 0.661. The van der Waals surface area contributed by atoms with Gasteiger partial charge in [0.1, 0.15) is 5.69 Å². The maximum atomic E-state index is 9.99. The van der Waals surface area contributed by atoms with Crippen molar-refractivity contribution in [3.05, 3.63) is 11.9 Å². The molecule has 0 aliphatic carbocycles. The molecule has 0 atom stereocenters. The van der Waals surface area contributed by atoms with Crippen molar-refractivity contribution in [2.24, 2.45) is 0 Å². The van der Waals surface area contributed by atoms with Gasteiger partial charge in [-0.25, -0.2) is 9.97 Å². The van der Waals surface area contributed by atoms with E-state index in [1.54, 1.807) is 0 Å². The van der Waals surface area contributed by atoms with Gasteiger partial charge in [0, 0.05) is 12.4 Å². The molecule has 0 aliphatic heterocycles. The first-order valence-electron chi connectivity index (χ1n) is 2.73. The highest BCUT2D eigenvalue weighted by Crippen LogP contribution is 1.92. The van der Waals surface area contributed by atoms with Crippen molar-refractivity contribution >= 4 is 11.9 Å². The standard InChI is InChI=1S/C5H7N3O2/c6-5-7-2-3(8-5)1-4(9)10/h2H,1H2,(H,9,10)(H3,6,7,8). The summed E-state index contributed by atoms with van der Waals surface area (Å²) in [6, 6.07) is 0. The number of aliphatic carboxylic acids is 1. The average Bonchev–Trinajstić information content (AvgIpc) is 2.13. The Morgan fingerprint density at radius 2 is 2.60 bits per heavy atom. The van der Waals surface area contributed by atoms with Crippen molar-refractivity contribution < 1.29 is 14.9 Å². The lowest BCUT2D eigenvalue weighted by Crippen LogP contribution is -2.24. The van der Waals surface area contributed by atoms with Crippen LogP contribution in [0.15, 0.2) is 6.20 Å². The fraction of sp³-hybridized carbons (Fsp3) is 0.200. The van der Waals surface area contributed by atoms with Gasteiger partial charge in [-0.2, -0.15) is 0 Å². The number of hydrogen-bond donors (Lipinski definition) is 2. The SMILES string of the molecule is Nc1[nH]c(CC(=O)[O-])c[nH+]1. The van der Waals surface area contributed by atoms with E-state index in [2.05, 4.69) is 9.97 Å². The number of rotatable bonds is 2. The average molecular weight is 141 g/mol. The molecule has 0 aliphatic rings. The van der Waals surface area contributed by atoms with Crippen LogP contribution in [-0.2, 0) is 11.2 Å². The first-order chi connectivity index (χ1) is 4.68. The highest BCUT2D eigenvalue weighted by Gasteiger charge is 2.00. The summed E-state index contributed by atoms with van der Waals surface area (Å²) < 4.78 is 0. The van der Waals surface area contributed by atoms with Crippen molar-refractivity contribution in [3.63, 3.8) is 0 Å². The molecular weight excluding hydrogens is 134 g/mol. The van der Waals surface area contributed by atoms with Crippen LogP contribution in [0, 0.1) is 0 Å². The van der Waals surface area contributed by atoms with Gasteiger partial charge in [0.2, 0.25) is 0 Å². The van der Waals surface area contributed by atoms with E-state index in [0.29, 0.717) is 11.6 Å².